The second-order valence-corrected chi connectivity index (χ2v) is 5.21. The molecule has 5 heteroatoms. The van der Waals surface area contributed by atoms with Crippen molar-refractivity contribution in [2.75, 3.05) is 25.6 Å². The molecule has 0 unspecified atom stereocenters. The van der Waals surface area contributed by atoms with Crippen LogP contribution in [0.2, 0.25) is 0 Å². The van der Waals surface area contributed by atoms with Crippen molar-refractivity contribution in [3.63, 3.8) is 0 Å². The number of hydrogen-bond donors (Lipinski definition) is 1. The molecule has 0 amide bonds. The number of benzene rings is 1. The predicted octanol–water partition coefficient (Wildman–Crippen LogP) is 3.96. The Morgan fingerprint density at radius 2 is 1.85 bits per heavy atom. The number of thiazole rings is 1. The Bertz CT molecular complexity index is 581. The minimum atomic E-state index is 0.618. The number of nitrogens with zero attached hydrogens (tertiary/aromatic N) is 1. The number of aryl methyl sites for hydroxylation is 1. The lowest BCUT2D eigenvalue weighted by Crippen LogP contribution is -1.98. The molecule has 1 aromatic heterocycles. The van der Waals surface area contributed by atoms with Crippen LogP contribution in [0.4, 0.5) is 5.13 Å². The van der Waals surface area contributed by atoms with Gasteiger partial charge in [0, 0.05) is 7.05 Å². The summed E-state index contributed by atoms with van der Waals surface area (Å²) in [4.78, 5) is 5.63. The van der Waals surface area contributed by atoms with E-state index < -0.39 is 0 Å². The van der Waals surface area contributed by atoms with Crippen LogP contribution in [-0.4, -0.2) is 25.2 Å². The van der Waals surface area contributed by atoms with Crippen LogP contribution in [-0.2, 0) is 0 Å². The Labute approximate surface area is 123 Å². The van der Waals surface area contributed by atoms with E-state index in [1.807, 2.05) is 46.0 Å². The normalized spacial score (nSPS) is 10.4. The van der Waals surface area contributed by atoms with E-state index in [0.717, 1.165) is 32.8 Å². The topological polar surface area (TPSA) is 43.4 Å². The molecule has 0 radical (unpaired) electrons. The van der Waals surface area contributed by atoms with Crippen molar-refractivity contribution < 1.29 is 9.47 Å². The third-order valence-electron chi connectivity index (χ3n) is 2.82. The van der Waals surface area contributed by atoms with Crippen LogP contribution in [0.15, 0.2) is 18.2 Å². The van der Waals surface area contributed by atoms with Crippen molar-refractivity contribution in [1.82, 2.24) is 4.98 Å². The lowest BCUT2D eigenvalue weighted by atomic mass is 10.1. The van der Waals surface area contributed by atoms with E-state index in [1.54, 1.807) is 11.3 Å². The number of nitrogens with one attached hydrogen (secondary N) is 1. The number of hydrogen-bond acceptors (Lipinski definition) is 5. The maximum absolute atomic E-state index is 5.67. The van der Waals surface area contributed by atoms with Crippen LogP contribution in [0, 0.1) is 6.92 Å². The van der Waals surface area contributed by atoms with E-state index in [4.69, 9.17) is 9.47 Å². The fraction of sp³-hybridized carbons (Fsp3) is 0.400. The highest BCUT2D eigenvalue weighted by atomic mass is 32.1. The third kappa shape index (κ3) is 3.04. The van der Waals surface area contributed by atoms with Crippen LogP contribution >= 0.6 is 11.3 Å². The minimum Gasteiger partial charge on any atom is -0.490 e. The van der Waals surface area contributed by atoms with Crippen LogP contribution in [0.1, 0.15) is 19.5 Å². The van der Waals surface area contributed by atoms with Crippen LogP contribution < -0.4 is 14.8 Å². The van der Waals surface area contributed by atoms with Gasteiger partial charge in [0.25, 0.3) is 0 Å². The van der Waals surface area contributed by atoms with E-state index in [2.05, 4.69) is 10.3 Å². The zero-order chi connectivity index (χ0) is 14.5. The van der Waals surface area contributed by atoms with Crippen molar-refractivity contribution in [1.29, 1.82) is 0 Å². The number of aromatic nitrogens is 1. The van der Waals surface area contributed by atoms with E-state index >= 15 is 0 Å². The van der Waals surface area contributed by atoms with E-state index in [0.29, 0.717) is 13.2 Å². The molecular weight excluding hydrogens is 272 g/mol. The molecule has 2 rings (SSSR count). The Balaban J connectivity index is 2.41. The summed E-state index contributed by atoms with van der Waals surface area (Å²) in [5.41, 5.74) is 2.12. The molecule has 0 aliphatic rings. The fourth-order valence-electron chi connectivity index (χ4n) is 1.96. The predicted molar refractivity (Wildman–Crippen MR) is 84.2 cm³/mol. The maximum Gasteiger partial charge on any atom is 0.183 e. The quantitative estimate of drug-likeness (QED) is 0.875. The number of ether oxygens (including phenoxy) is 2. The third-order valence-corrected chi connectivity index (χ3v) is 4.04. The van der Waals surface area contributed by atoms with Gasteiger partial charge >= 0.3 is 0 Å². The molecular formula is C15H20N2O2S. The molecule has 0 atom stereocenters. The SMILES string of the molecule is CCOc1ccc(-c2sc(NC)nc2C)cc1OCC. The highest BCUT2D eigenvalue weighted by molar-refractivity contribution is 7.19. The van der Waals surface area contributed by atoms with Crippen molar-refractivity contribution in [3.05, 3.63) is 23.9 Å². The van der Waals surface area contributed by atoms with Gasteiger partial charge in [-0.05, 0) is 44.5 Å². The summed E-state index contributed by atoms with van der Waals surface area (Å²) >= 11 is 1.64. The first-order valence-electron chi connectivity index (χ1n) is 6.74. The zero-order valence-corrected chi connectivity index (χ0v) is 13.1. The molecule has 108 valence electrons. The van der Waals surface area contributed by atoms with Gasteiger partial charge in [-0.1, -0.05) is 11.3 Å². The highest BCUT2D eigenvalue weighted by Crippen LogP contribution is 2.37. The molecule has 1 N–H and O–H groups in total. The van der Waals surface area contributed by atoms with Gasteiger partial charge in [-0.2, -0.15) is 0 Å². The monoisotopic (exact) mass is 292 g/mol. The van der Waals surface area contributed by atoms with Crippen molar-refractivity contribution >= 4 is 16.5 Å². The smallest absolute Gasteiger partial charge is 0.183 e. The average molecular weight is 292 g/mol. The first-order valence-corrected chi connectivity index (χ1v) is 7.56. The lowest BCUT2D eigenvalue weighted by Gasteiger charge is -2.12. The molecule has 0 saturated carbocycles. The molecule has 20 heavy (non-hydrogen) atoms. The summed E-state index contributed by atoms with van der Waals surface area (Å²) in [5, 5.41) is 4.00. The van der Waals surface area contributed by atoms with E-state index in [-0.39, 0.29) is 0 Å². The van der Waals surface area contributed by atoms with Gasteiger partial charge in [0.1, 0.15) is 0 Å². The molecule has 1 aromatic carbocycles. The van der Waals surface area contributed by atoms with Gasteiger partial charge in [0.2, 0.25) is 0 Å². The first kappa shape index (κ1) is 14.7. The molecule has 0 spiro atoms. The second-order valence-electron chi connectivity index (χ2n) is 4.21. The van der Waals surface area contributed by atoms with Crippen LogP contribution in [0.3, 0.4) is 0 Å². The first-order chi connectivity index (χ1) is 9.69. The summed E-state index contributed by atoms with van der Waals surface area (Å²) in [6.45, 7) is 7.20. The molecule has 0 bridgehead atoms. The van der Waals surface area contributed by atoms with Gasteiger partial charge in [0.15, 0.2) is 16.6 Å². The summed E-state index contributed by atoms with van der Waals surface area (Å²) in [6.07, 6.45) is 0. The summed E-state index contributed by atoms with van der Waals surface area (Å²) in [6, 6.07) is 6.03. The minimum absolute atomic E-state index is 0.618. The Morgan fingerprint density at radius 3 is 2.45 bits per heavy atom. The van der Waals surface area contributed by atoms with Crippen LogP contribution in [0.5, 0.6) is 11.5 Å². The lowest BCUT2D eigenvalue weighted by molar-refractivity contribution is 0.288. The van der Waals surface area contributed by atoms with Gasteiger partial charge in [0.05, 0.1) is 23.8 Å². The van der Waals surface area contributed by atoms with Gasteiger partial charge in [-0.15, -0.1) is 0 Å². The molecule has 0 aliphatic heterocycles. The molecule has 0 fully saturated rings. The second kappa shape index (κ2) is 6.61. The summed E-state index contributed by atoms with van der Waals surface area (Å²) in [5.74, 6) is 1.57. The van der Waals surface area contributed by atoms with Gasteiger partial charge in [-0.25, -0.2) is 4.98 Å². The maximum atomic E-state index is 5.67. The van der Waals surface area contributed by atoms with E-state index in [9.17, 15) is 0 Å². The highest BCUT2D eigenvalue weighted by Gasteiger charge is 2.12. The molecule has 0 saturated heterocycles. The Hall–Kier alpha value is -1.75. The van der Waals surface area contributed by atoms with Crippen molar-refractivity contribution in [3.8, 4) is 21.9 Å². The molecule has 0 aliphatic carbocycles. The summed E-state index contributed by atoms with van der Waals surface area (Å²) in [7, 11) is 1.88. The molecule has 2 aromatic rings. The standard InChI is InChI=1S/C15H20N2O2S/c1-5-18-12-8-7-11(9-13(12)19-6-2)14-10(3)17-15(16-4)20-14/h7-9H,5-6H2,1-4H3,(H,16,17). The molecule has 4 nitrogen and oxygen atoms in total. The Kier molecular flexibility index (Phi) is 4.84. The van der Waals surface area contributed by atoms with Crippen LogP contribution in [0.25, 0.3) is 10.4 Å². The number of rotatable bonds is 6. The fourth-order valence-corrected chi connectivity index (χ4v) is 2.88. The van der Waals surface area contributed by atoms with Crippen molar-refractivity contribution in [2.45, 2.75) is 20.8 Å². The summed E-state index contributed by atoms with van der Waals surface area (Å²) < 4.78 is 11.3. The Morgan fingerprint density at radius 1 is 1.15 bits per heavy atom. The van der Waals surface area contributed by atoms with E-state index in [1.165, 1.54) is 0 Å². The zero-order valence-electron chi connectivity index (χ0n) is 12.3. The average Bonchev–Trinajstić information content (AvgIpc) is 2.82. The van der Waals surface area contributed by atoms with Gasteiger partial charge < -0.3 is 14.8 Å². The number of anilines is 1. The van der Waals surface area contributed by atoms with Crippen molar-refractivity contribution in [2.24, 2.45) is 0 Å². The molecule has 1 heterocycles. The largest absolute Gasteiger partial charge is 0.490 e. The van der Waals surface area contributed by atoms with Gasteiger partial charge in [-0.3, -0.25) is 0 Å².